The Kier molecular flexibility index (Phi) is 6.96. The van der Waals surface area contributed by atoms with E-state index in [0.717, 1.165) is 36.4 Å². The Morgan fingerprint density at radius 2 is 1.66 bits per heavy atom. The number of hydrogen-bond acceptors (Lipinski definition) is 1. The Labute approximate surface area is 199 Å². The highest BCUT2D eigenvalue weighted by molar-refractivity contribution is 6.33. The maximum absolute atomic E-state index is 6.66. The summed E-state index contributed by atoms with van der Waals surface area (Å²) in [4.78, 5) is 2.42. The number of halogens is 1. The number of anilines is 1. The molecule has 0 spiro atoms. The van der Waals surface area contributed by atoms with Gasteiger partial charge < -0.3 is 4.90 Å². The molecule has 3 aromatic carbocycles. The maximum atomic E-state index is 6.66. The molecule has 0 bridgehead atoms. The predicted molar refractivity (Wildman–Crippen MR) is 140 cm³/mol. The third kappa shape index (κ3) is 4.20. The summed E-state index contributed by atoms with van der Waals surface area (Å²) in [5.74, 6) is 0. The van der Waals surface area contributed by atoms with Crippen molar-refractivity contribution in [3.05, 3.63) is 86.9 Å². The average molecular weight is 446 g/mol. The van der Waals surface area contributed by atoms with E-state index in [1.54, 1.807) is 0 Å². The van der Waals surface area contributed by atoms with E-state index in [0.29, 0.717) is 6.04 Å². The third-order valence-corrected chi connectivity index (χ3v) is 7.60. The molecule has 0 heterocycles. The lowest BCUT2D eigenvalue weighted by Gasteiger charge is -2.37. The molecule has 0 saturated heterocycles. The third-order valence-electron chi connectivity index (χ3n) is 7.28. The molecule has 0 aliphatic heterocycles. The van der Waals surface area contributed by atoms with Crippen molar-refractivity contribution < 1.29 is 0 Å². The lowest BCUT2D eigenvalue weighted by Crippen LogP contribution is -2.28. The zero-order valence-electron chi connectivity index (χ0n) is 20.3. The van der Waals surface area contributed by atoms with E-state index in [2.05, 4.69) is 88.2 Å². The normalized spacial score (nSPS) is 15.5. The Morgan fingerprint density at radius 1 is 0.938 bits per heavy atom. The van der Waals surface area contributed by atoms with Crippen LogP contribution in [0.2, 0.25) is 5.02 Å². The molecule has 4 rings (SSSR count). The van der Waals surface area contributed by atoms with Crippen molar-refractivity contribution in [1.29, 1.82) is 0 Å². The fourth-order valence-corrected chi connectivity index (χ4v) is 5.80. The maximum Gasteiger partial charge on any atom is 0.0639 e. The van der Waals surface area contributed by atoms with Crippen LogP contribution < -0.4 is 4.90 Å². The first-order valence-electron chi connectivity index (χ1n) is 12.2. The molecular formula is C30H36ClN. The number of rotatable bonds is 6. The summed E-state index contributed by atoms with van der Waals surface area (Å²) >= 11 is 6.66. The Balaban J connectivity index is 1.80. The number of fused-ring (bicyclic) bond motifs is 1. The zero-order valence-corrected chi connectivity index (χ0v) is 21.0. The van der Waals surface area contributed by atoms with Crippen LogP contribution in [0.15, 0.2) is 48.5 Å². The van der Waals surface area contributed by atoms with E-state index < -0.39 is 0 Å². The first kappa shape index (κ1) is 22.9. The highest BCUT2D eigenvalue weighted by Gasteiger charge is 2.28. The van der Waals surface area contributed by atoms with E-state index in [1.807, 2.05) is 0 Å². The van der Waals surface area contributed by atoms with Crippen LogP contribution in [0, 0.1) is 6.92 Å². The highest BCUT2D eigenvalue weighted by Crippen LogP contribution is 2.42. The van der Waals surface area contributed by atoms with E-state index in [1.165, 1.54) is 57.3 Å². The van der Waals surface area contributed by atoms with Gasteiger partial charge in [-0.05, 0) is 102 Å². The summed E-state index contributed by atoms with van der Waals surface area (Å²) in [5.41, 5.74) is 12.7. The van der Waals surface area contributed by atoms with Crippen LogP contribution in [0.4, 0.5) is 5.69 Å². The summed E-state index contributed by atoms with van der Waals surface area (Å²) in [6, 6.07) is 18.6. The Bertz CT molecular complexity index is 1090. The molecule has 0 amide bonds. The van der Waals surface area contributed by atoms with Crippen LogP contribution in [0.3, 0.4) is 0 Å². The SMILES string of the molecule is CCc1ccc(Cl)c(N(C)C2CCCc3cc(-c4c(CC)cccc4CC)cc(C)c32)c1. The van der Waals surface area contributed by atoms with Gasteiger partial charge in [-0.1, -0.05) is 68.8 Å². The molecule has 0 radical (unpaired) electrons. The van der Waals surface area contributed by atoms with Crippen LogP contribution in [0.5, 0.6) is 0 Å². The van der Waals surface area contributed by atoms with Crippen LogP contribution >= 0.6 is 11.6 Å². The minimum absolute atomic E-state index is 0.365. The lowest BCUT2D eigenvalue weighted by molar-refractivity contribution is 0.542. The van der Waals surface area contributed by atoms with Gasteiger partial charge in [0.2, 0.25) is 0 Å². The minimum Gasteiger partial charge on any atom is -0.366 e. The van der Waals surface area contributed by atoms with Gasteiger partial charge in [0.15, 0.2) is 0 Å². The first-order chi connectivity index (χ1) is 15.5. The van der Waals surface area contributed by atoms with Gasteiger partial charge in [0.05, 0.1) is 16.8 Å². The summed E-state index contributed by atoms with van der Waals surface area (Å²) < 4.78 is 0. The summed E-state index contributed by atoms with van der Waals surface area (Å²) in [6.07, 6.45) is 6.70. The molecule has 32 heavy (non-hydrogen) atoms. The molecule has 2 heteroatoms. The van der Waals surface area contributed by atoms with Gasteiger partial charge in [-0.2, -0.15) is 0 Å². The molecule has 168 valence electrons. The van der Waals surface area contributed by atoms with Crippen LogP contribution in [-0.4, -0.2) is 7.05 Å². The van der Waals surface area contributed by atoms with E-state index in [-0.39, 0.29) is 0 Å². The van der Waals surface area contributed by atoms with E-state index in [4.69, 9.17) is 11.6 Å². The van der Waals surface area contributed by atoms with E-state index in [9.17, 15) is 0 Å². The number of aryl methyl sites for hydroxylation is 5. The van der Waals surface area contributed by atoms with Crippen molar-refractivity contribution in [2.75, 3.05) is 11.9 Å². The first-order valence-corrected chi connectivity index (χ1v) is 12.6. The highest BCUT2D eigenvalue weighted by atomic mass is 35.5. The fourth-order valence-electron chi connectivity index (χ4n) is 5.55. The van der Waals surface area contributed by atoms with Crippen molar-refractivity contribution in [3.63, 3.8) is 0 Å². The summed E-state index contributed by atoms with van der Waals surface area (Å²) in [6.45, 7) is 9.04. The van der Waals surface area contributed by atoms with Crippen LogP contribution in [0.1, 0.15) is 73.0 Å². The zero-order chi connectivity index (χ0) is 22.8. The van der Waals surface area contributed by atoms with Gasteiger partial charge in [0.25, 0.3) is 0 Å². The standard InChI is InChI=1S/C30H36ClN/c1-6-21-15-16-26(31)28(18-21)32(5)27-14-10-13-24-19-25(17-20(4)29(24)27)30-22(7-2)11-9-12-23(30)8-3/h9,11-12,15-19,27H,6-8,10,13-14H2,1-5H3. The van der Waals surface area contributed by atoms with Crippen LogP contribution in [-0.2, 0) is 25.7 Å². The van der Waals surface area contributed by atoms with Crippen molar-refractivity contribution >= 4 is 17.3 Å². The molecule has 1 unspecified atom stereocenters. The second kappa shape index (κ2) is 9.71. The van der Waals surface area contributed by atoms with Gasteiger partial charge in [-0.25, -0.2) is 0 Å². The monoisotopic (exact) mass is 445 g/mol. The molecule has 0 fully saturated rings. The fraction of sp³-hybridized carbons (Fsp3) is 0.400. The number of hydrogen-bond donors (Lipinski definition) is 0. The van der Waals surface area contributed by atoms with Gasteiger partial charge in [0, 0.05) is 7.05 Å². The molecule has 3 aromatic rings. The van der Waals surface area contributed by atoms with Crippen molar-refractivity contribution in [2.24, 2.45) is 0 Å². The lowest BCUT2D eigenvalue weighted by atomic mass is 9.80. The van der Waals surface area contributed by atoms with Crippen molar-refractivity contribution in [2.45, 2.75) is 72.3 Å². The van der Waals surface area contributed by atoms with Gasteiger partial charge in [-0.3, -0.25) is 0 Å². The molecule has 1 atom stereocenters. The predicted octanol–water partition coefficient (Wildman–Crippen LogP) is 8.52. The second-order valence-electron chi connectivity index (χ2n) is 9.18. The number of benzene rings is 3. The topological polar surface area (TPSA) is 3.24 Å². The molecule has 1 aliphatic rings. The minimum atomic E-state index is 0.365. The van der Waals surface area contributed by atoms with Gasteiger partial charge >= 0.3 is 0 Å². The van der Waals surface area contributed by atoms with E-state index >= 15 is 0 Å². The smallest absolute Gasteiger partial charge is 0.0639 e. The Morgan fingerprint density at radius 3 is 2.31 bits per heavy atom. The second-order valence-corrected chi connectivity index (χ2v) is 9.59. The Hall–Kier alpha value is -2.25. The molecule has 0 N–H and O–H groups in total. The average Bonchev–Trinajstić information content (AvgIpc) is 2.82. The molecule has 1 aliphatic carbocycles. The van der Waals surface area contributed by atoms with Gasteiger partial charge in [0.1, 0.15) is 0 Å². The molecular weight excluding hydrogens is 410 g/mol. The number of nitrogens with zero attached hydrogens (tertiary/aromatic N) is 1. The summed E-state index contributed by atoms with van der Waals surface area (Å²) in [7, 11) is 2.22. The largest absolute Gasteiger partial charge is 0.366 e. The molecule has 1 nitrogen and oxygen atoms in total. The van der Waals surface area contributed by atoms with Crippen molar-refractivity contribution in [3.8, 4) is 11.1 Å². The van der Waals surface area contributed by atoms with Crippen LogP contribution in [0.25, 0.3) is 11.1 Å². The molecule has 0 aromatic heterocycles. The quantitative estimate of drug-likeness (QED) is 0.367. The summed E-state index contributed by atoms with van der Waals surface area (Å²) in [5, 5.41) is 0.843. The van der Waals surface area contributed by atoms with Gasteiger partial charge in [-0.15, -0.1) is 0 Å². The molecule has 0 saturated carbocycles. The van der Waals surface area contributed by atoms with Crippen molar-refractivity contribution in [1.82, 2.24) is 0 Å².